The first-order valence-electron chi connectivity index (χ1n) is 9.21. The summed E-state index contributed by atoms with van der Waals surface area (Å²) in [5, 5.41) is 1.78. The van der Waals surface area contributed by atoms with Gasteiger partial charge in [-0.1, -0.05) is 25.8 Å². The van der Waals surface area contributed by atoms with Crippen molar-refractivity contribution in [1.29, 1.82) is 0 Å². The quantitative estimate of drug-likeness (QED) is 0.801. The maximum absolute atomic E-state index is 13.0. The molecule has 0 N–H and O–H groups in total. The van der Waals surface area contributed by atoms with Crippen molar-refractivity contribution in [3.05, 3.63) is 17.5 Å². The first-order valence-corrected chi connectivity index (χ1v) is 11.5. The van der Waals surface area contributed by atoms with Crippen molar-refractivity contribution in [2.45, 2.75) is 55.7 Å². The maximum Gasteiger partial charge on any atom is 0.252 e. The lowest BCUT2D eigenvalue weighted by molar-refractivity contribution is -0.139. The van der Waals surface area contributed by atoms with Crippen LogP contribution in [0.1, 0.15) is 45.4 Å². The molecule has 1 saturated carbocycles. The lowest BCUT2D eigenvalue weighted by Gasteiger charge is -2.39. The van der Waals surface area contributed by atoms with Gasteiger partial charge in [0.1, 0.15) is 4.21 Å². The van der Waals surface area contributed by atoms with Crippen LogP contribution >= 0.6 is 11.3 Å². The fourth-order valence-corrected chi connectivity index (χ4v) is 6.89. The Morgan fingerprint density at radius 1 is 1.24 bits per heavy atom. The van der Waals surface area contributed by atoms with Gasteiger partial charge in [0.15, 0.2) is 0 Å². The molecule has 0 bridgehead atoms. The zero-order valence-corrected chi connectivity index (χ0v) is 16.7. The van der Waals surface area contributed by atoms with Gasteiger partial charge >= 0.3 is 0 Å². The number of piperidine rings is 1. The van der Waals surface area contributed by atoms with Gasteiger partial charge in [-0.15, -0.1) is 11.3 Å². The first-order chi connectivity index (χ1) is 11.9. The second-order valence-corrected chi connectivity index (χ2v) is 10.5. The standard InChI is InChI=1S/C18H28N2O3S2/c1-14-7-3-4-9-16(14)19(2)18(21)15-8-5-11-20(13-15)25(22,23)17-10-6-12-24-17/h6,10,12,14-16H,3-5,7-9,11,13H2,1-2H3. The summed E-state index contributed by atoms with van der Waals surface area (Å²) in [7, 11) is -1.56. The summed E-state index contributed by atoms with van der Waals surface area (Å²) in [6.07, 6.45) is 6.18. The van der Waals surface area contributed by atoms with Crippen LogP contribution in [0.25, 0.3) is 0 Å². The number of nitrogens with zero attached hydrogens (tertiary/aromatic N) is 2. The summed E-state index contributed by atoms with van der Waals surface area (Å²) in [6, 6.07) is 3.69. The van der Waals surface area contributed by atoms with Gasteiger partial charge in [0.05, 0.1) is 5.92 Å². The molecular weight excluding hydrogens is 356 g/mol. The van der Waals surface area contributed by atoms with Gasteiger partial charge < -0.3 is 4.90 Å². The van der Waals surface area contributed by atoms with Crippen molar-refractivity contribution in [3.8, 4) is 0 Å². The van der Waals surface area contributed by atoms with Gasteiger partial charge in [0, 0.05) is 26.2 Å². The van der Waals surface area contributed by atoms with Crippen molar-refractivity contribution >= 4 is 27.3 Å². The molecule has 1 aromatic heterocycles. The highest BCUT2D eigenvalue weighted by Crippen LogP contribution is 2.31. The van der Waals surface area contributed by atoms with E-state index >= 15 is 0 Å². The summed E-state index contributed by atoms with van der Waals surface area (Å²) in [4.78, 5) is 14.9. The van der Waals surface area contributed by atoms with Gasteiger partial charge in [-0.25, -0.2) is 8.42 Å². The minimum Gasteiger partial charge on any atom is -0.342 e. The fourth-order valence-electron chi connectivity index (χ4n) is 4.22. The summed E-state index contributed by atoms with van der Waals surface area (Å²) in [5.74, 6) is 0.421. The average molecular weight is 385 g/mol. The number of hydrogen-bond acceptors (Lipinski definition) is 4. The van der Waals surface area contributed by atoms with Crippen molar-refractivity contribution in [1.82, 2.24) is 9.21 Å². The lowest BCUT2D eigenvalue weighted by Crippen LogP contribution is -2.50. The largest absolute Gasteiger partial charge is 0.342 e. The predicted octanol–water partition coefficient (Wildman–Crippen LogP) is 3.19. The first kappa shape index (κ1) is 18.9. The van der Waals surface area contributed by atoms with E-state index in [0.717, 1.165) is 19.3 Å². The molecule has 0 aromatic carbocycles. The van der Waals surface area contributed by atoms with E-state index in [4.69, 9.17) is 0 Å². The smallest absolute Gasteiger partial charge is 0.252 e. The van der Waals surface area contributed by atoms with Crippen LogP contribution < -0.4 is 0 Å². The van der Waals surface area contributed by atoms with Gasteiger partial charge in [-0.2, -0.15) is 4.31 Å². The highest BCUT2D eigenvalue weighted by molar-refractivity contribution is 7.91. The topological polar surface area (TPSA) is 57.7 Å². The molecule has 25 heavy (non-hydrogen) atoms. The van der Waals surface area contributed by atoms with Crippen molar-refractivity contribution in [3.63, 3.8) is 0 Å². The average Bonchev–Trinajstić information content (AvgIpc) is 3.16. The molecule has 2 aliphatic rings. The normalized spacial score (nSPS) is 28.6. The molecule has 2 fully saturated rings. The second kappa shape index (κ2) is 7.76. The van der Waals surface area contributed by atoms with Crippen LogP contribution in [0.15, 0.2) is 21.7 Å². The van der Waals surface area contributed by atoms with E-state index in [0.29, 0.717) is 29.3 Å². The number of amides is 1. The second-order valence-electron chi connectivity index (χ2n) is 7.41. The van der Waals surface area contributed by atoms with Gasteiger partial charge in [0.2, 0.25) is 5.91 Å². The van der Waals surface area contributed by atoms with Crippen LogP contribution in [0.2, 0.25) is 0 Å². The molecule has 5 nitrogen and oxygen atoms in total. The number of rotatable bonds is 4. The van der Waals surface area contributed by atoms with E-state index in [-0.39, 0.29) is 11.8 Å². The molecule has 3 atom stereocenters. The van der Waals surface area contributed by atoms with Crippen molar-refractivity contribution in [2.75, 3.05) is 20.1 Å². The Morgan fingerprint density at radius 3 is 2.68 bits per heavy atom. The number of thiophene rings is 1. The monoisotopic (exact) mass is 384 g/mol. The molecule has 140 valence electrons. The highest BCUT2D eigenvalue weighted by Gasteiger charge is 2.37. The van der Waals surface area contributed by atoms with E-state index in [1.54, 1.807) is 17.5 Å². The molecule has 0 radical (unpaired) electrons. The Labute approximate surface area is 155 Å². The summed E-state index contributed by atoms with van der Waals surface area (Å²) in [5.41, 5.74) is 0. The number of hydrogen-bond donors (Lipinski definition) is 0. The predicted molar refractivity (Wildman–Crippen MR) is 100.0 cm³/mol. The van der Waals surface area contributed by atoms with Gasteiger partial charge in [-0.3, -0.25) is 4.79 Å². The molecule has 1 aromatic rings. The van der Waals surface area contributed by atoms with Crippen LogP contribution in [0, 0.1) is 11.8 Å². The van der Waals surface area contributed by atoms with E-state index < -0.39 is 10.0 Å². The molecule has 0 spiro atoms. The Balaban J connectivity index is 1.69. The Bertz CT molecular complexity index is 687. The molecule has 1 saturated heterocycles. The zero-order chi connectivity index (χ0) is 18.0. The SMILES string of the molecule is CC1CCCCC1N(C)C(=O)C1CCCN(S(=O)(=O)c2cccs2)C1. The van der Waals surface area contributed by atoms with Crippen LogP contribution in [-0.4, -0.2) is 49.7 Å². The molecule has 3 rings (SSSR count). The van der Waals surface area contributed by atoms with Crippen molar-refractivity contribution < 1.29 is 13.2 Å². The molecule has 1 aliphatic heterocycles. The third-order valence-electron chi connectivity index (χ3n) is 5.73. The minimum atomic E-state index is -3.47. The van der Waals surface area contributed by atoms with Crippen LogP contribution in [0.4, 0.5) is 0 Å². The number of sulfonamides is 1. The Kier molecular flexibility index (Phi) is 5.85. The number of carbonyl (C=O) groups excluding carboxylic acids is 1. The van der Waals surface area contributed by atoms with Crippen LogP contribution in [0.5, 0.6) is 0 Å². The molecular formula is C18H28N2O3S2. The van der Waals surface area contributed by atoms with E-state index in [2.05, 4.69) is 6.92 Å². The molecule has 3 unspecified atom stereocenters. The van der Waals surface area contributed by atoms with E-state index in [1.165, 1.54) is 34.9 Å². The molecule has 2 heterocycles. The molecule has 7 heteroatoms. The van der Waals surface area contributed by atoms with Crippen LogP contribution in [0.3, 0.4) is 0 Å². The summed E-state index contributed by atoms with van der Waals surface area (Å²) < 4.78 is 27.4. The zero-order valence-electron chi connectivity index (χ0n) is 15.1. The van der Waals surface area contributed by atoms with Crippen LogP contribution in [-0.2, 0) is 14.8 Å². The third-order valence-corrected chi connectivity index (χ3v) is 8.97. The molecule has 1 aliphatic carbocycles. The van der Waals surface area contributed by atoms with Gasteiger partial charge in [0.25, 0.3) is 10.0 Å². The fraction of sp³-hybridized carbons (Fsp3) is 0.722. The third kappa shape index (κ3) is 3.93. The highest BCUT2D eigenvalue weighted by atomic mass is 32.2. The lowest BCUT2D eigenvalue weighted by atomic mass is 9.84. The number of carbonyl (C=O) groups is 1. The van der Waals surface area contributed by atoms with E-state index in [9.17, 15) is 13.2 Å². The van der Waals surface area contributed by atoms with Crippen molar-refractivity contribution in [2.24, 2.45) is 11.8 Å². The minimum absolute atomic E-state index is 0.116. The van der Waals surface area contributed by atoms with Gasteiger partial charge in [-0.05, 0) is 43.0 Å². The Hall–Kier alpha value is -0.920. The maximum atomic E-state index is 13.0. The summed E-state index contributed by atoms with van der Waals surface area (Å²) in [6.45, 7) is 3.04. The Morgan fingerprint density at radius 2 is 2.00 bits per heavy atom. The summed E-state index contributed by atoms with van der Waals surface area (Å²) >= 11 is 1.24. The van der Waals surface area contributed by atoms with E-state index in [1.807, 2.05) is 11.9 Å². The molecule has 1 amide bonds.